The number of nitrogens with one attached hydrogen (secondary N) is 1. The molecule has 0 fully saturated rings. The monoisotopic (exact) mass is 291 g/mol. The molecule has 0 aliphatic heterocycles. The van der Waals surface area contributed by atoms with Crippen molar-refractivity contribution in [2.24, 2.45) is 0 Å². The first-order valence-corrected chi connectivity index (χ1v) is 5.07. The Balaban J connectivity index is 2.89. The van der Waals surface area contributed by atoms with Crippen molar-refractivity contribution in [1.29, 1.82) is 0 Å². The summed E-state index contributed by atoms with van der Waals surface area (Å²) >= 11 is 3.13. The fourth-order valence-corrected chi connectivity index (χ4v) is 1.83. The summed E-state index contributed by atoms with van der Waals surface area (Å²) in [6.45, 7) is 0. The van der Waals surface area contributed by atoms with Gasteiger partial charge in [-0.2, -0.15) is 13.2 Å². The third kappa shape index (κ3) is 1.97. The summed E-state index contributed by atoms with van der Waals surface area (Å²) in [5, 5.41) is -0.0182. The van der Waals surface area contributed by atoms with E-state index in [-0.39, 0.29) is 10.9 Å². The standard InChI is InChI=1S/C10H5BrF3NO/c11-5-1-2-6-7(10(12,13)14)4-9(16)15-8(6)3-5/h1-4H,(H,15,16). The van der Waals surface area contributed by atoms with E-state index in [0.717, 1.165) is 0 Å². The van der Waals surface area contributed by atoms with E-state index in [1.54, 1.807) is 0 Å². The van der Waals surface area contributed by atoms with Crippen LogP contribution in [0.3, 0.4) is 0 Å². The second-order valence-electron chi connectivity index (χ2n) is 3.23. The normalized spacial score (nSPS) is 12.0. The van der Waals surface area contributed by atoms with Crippen molar-refractivity contribution in [1.82, 2.24) is 4.98 Å². The lowest BCUT2D eigenvalue weighted by atomic mass is 10.1. The van der Waals surface area contributed by atoms with Crippen LogP contribution >= 0.6 is 15.9 Å². The summed E-state index contributed by atoms with van der Waals surface area (Å²) in [5.41, 5.74) is -1.52. The van der Waals surface area contributed by atoms with Crippen LogP contribution in [0.5, 0.6) is 0 Å². The Hall–Kier alpha value is -1.30. The van der Waals surface area contributed by atoms with Gasteiger partial charge in [-0.05, 0) is 12.1 Å². The molecule has 1 heterocycles. The maximum Gasteiger partial charge on any atom is 0.417 e. The highest BCUT2D eigenvalue weighted by molar-refractivity contribution is 9.10. The van der Waals surface area contributed by atoms with E-state index < -0.39 is 17.3 Å². The van der Waals surface area contributed by atoms with Crippen molar-refractivity contribution in [2.45, 2.75) is 6.18 Å². The lowest BCUT2D eigenvalue weighted by molar-refractivity contribution is -0.136. The highest BCUT2D eigenvalue weighted by Crippen LogP contribution is 2.33. The lowest BCUT2D eigenvalue weighted by Gasteiger charge is -2.09. The van der Waals surface area contributed by atoms with E-state index in [1.807, 2.05) is 0 Å². The minimum atomic E-state index is -4.53. The minimum absolute atomic E-state index is 0.0182. The van der Waals surface area contributed by atoms with Gasteiger partial charge in [0.05, 0.1) is 5.56 Å². The number of pyridine rings is 1. The van der Waals surface area contributed by atoms with Gasteiger partial charge in [0.15, 0.2) is 0 Å². The van der Waals surface area contributed by atoms with Gasteiger partial charge in [-0.25, -0.2) is 0 Å². The Labute approximate surface area is 96.2 Å². The summed E-state index contributed by atoms with van der Waals surface area (Å²) in [7, 11) is 0. The Morgan fingerprint density at radius 3 is 2.50 bits per heavy atom. The Kier molecular flexibility index (Phi) is 2.53. The summed E-state index contributed by atoms with van der Waals surface area (Å²) in [6, 6.07) is 4.82. The molecule has 6 heteroatoms. The van der Waals surface area contributed by atoms with Crippen LogP contribution < -0.4 is 5.56 Å². The van der Waals surface area contributed by atoms with Gasteiger partial charge in [0.1, 0.15) is 0 Å². The molecule has 1 aromatic carbocycles. The highest BCUT2D eigenvalue weighted by atomic mass is 79.9. The van der Waals surface area contributed by atoms with Gasteiger partial charge in [-0.15, -0.1) is 0 Å². The van der Waals surface area contributed by atoms with E-state index >= 15 is 0 Å². The van der Waals surface area contributed by atoms with Gasteiger partial charge in [0.25, 0.3) is 0 Å². The molecular formula is C10H5BrF3NO. The molecule has 1 aromatic heterocycles. The van der Waals surface area contributed by atoms with E-state index in [2.05, 4.69) is 20.9 Å². The maximum atomic E-state index is 12.6. The van der Waals surface area contributed by atoms with Crippen molar-refractivity contribution >= 4 is 26.8 Å². The molecule has 2 nitrogen and oxygen atoms in total. The molecule has 2 rings (SSSR count). The number of H-pyrrole nitrogens is 1. The van der Waals surface area contributed by atoms with Crippen LogP contribution in [0, 0.1) is 0 Å². The number of halogens is 4. The number of rotatable bonds is 0. The topological polar surface area (TPSA) is 32.9 Å². The van der Waals surface area contributed by atoms with Crippen molar-refractivity contribution < 1.29 is 13.2 Å². The first-order valence-electron chi connectivity index (χ1n) is 4.28. The zero-order valence-corrected chi connectivity index (χ0v) is 9.32. The molecule has 0 amide bonds. The SMILES string of the molecule is O=c1cc(C(F)(F)F)c2ccc(Br)cc2[nH]1. The van der Waals surface area contributed by atoms with Crippen molar-refractivity contribution in [3.8, 4) is 0 Å². The maximum absolute atomic E-state index is 12.6. The van der Waals surface area contributed by atoms with Crippen LogP contribution in [-0.2, 0) is 6.18 Å². The Bertz CT molecular complexity index is 603. The fraction of sp³-hybridized carbons (Fsp3) is 0.100. The van der Waals surface area contributed by atoms with Gasteiger partial charge >= 0.3 is 6.18 Å². The van der Waals surface area contributed by atoms with Crippen molar-refractivity contribution in [3.05, 3.63) is 44.7 Å². The molecule has 84 valence electrons. The first kappa shape index (κ1) is 11.2. The molecule has 0 spiro atoms. The van der Waals surface area contributed by atoms with Crippen molar-refractivity contribution in [2.75, 3.05) is 0 Å². The summed E-state index contributed by atoms with van der Waals surface area (Å²) in [4.78, 5) is 13.4. The molecule has 0 radical (unpaired) electrons. The van der Waals surface area contributed by atoms with Gasteiger partial charge in [-0.1, -0.05) is 22.0 Å². The molecule has 0 aliphatic rings. The third-order valence-electron chi connectivity index (χ3n) is 2.11. The number of aromatic nitrogens is 1. The first-order chi connectivity index (χ1) is 7.38. The molecule has 0 aliphatic carbocycles. The number of benzene rings is 1. The smallest absolute Gasteiger partial charge is 0.322 e. The molecule has 1 N–H and O–H groups in total. The summed E-state index contributed by atoms with van der Waals surface area (Å²) in [5.74, 6) is 0. The van der Waals surface area contributed by atoms with E-state index in [4.69, 9.17) is 0 Å². The number of fused-ring (bicyclic) bond motifs is 1. The number of hydrogen-bond acceptors (Lipinski definition) is 1. The van der Waals surface area contributed by atoms with Crippen LogP contribution in [0.4, 0.5) is 13.2 Å². The summed E-state index contributed by atoms with van der Waals surface area (Å²) in [6.07, 6.45) is -4.53. The molecule has 0 bridgehead atoms. The molecule has 0 atom stereocenters. The lowest BCUT2D eigenvalue weighted by Crippen LogP contribution is -2.13. The second kappa shape index (κ2) is 3.62. The molecule has 16 heavy (non-hydrogen) atoms. The Morgan fingerprint density at radius 1 is 1.19 bits per heavy atom. The van der Waals surface area contributed by atoms with E-state index in [9.17, 15) is 18.0 Å². The third-order valence-corrected chi connectivity index (χ3v) is 2.60. The molecule has 0 saturated carbocycles. The molecule has 0 saturated heterocycles. The summed E-state index contributed by atoms with van der Waals surface area (Å²) < 4.78 is 38.5. The fourth-order valence-electron chi connectivity index (χ4n) is 1.47. The zero-order chi connectivity index (χ0) is 11.9. The minimum Gasteiger partial charge on any atom is -0.322 e. The average Bonchev–Trinajstić information content (AvgIpc) is 2.14. The van der Waals surface area contributed by atoms with Crippen molar-refractivity contribution in [3.63, 3.8) is 0 Å². The van der Waals surface area contributed by atoms with Crippen LogP contribution in [-0.4, -0.2) is 4.98 Å². The van der Waals surface area contributed by atoms with E-state index in [1.165, 1.54) is 18.2 Å². The highest BCUT2D eigenvalue weighted by Gasteiger charge is 2.33. The van der Waals surface area contributed by atoms with Crippen LogP contribution in [0.15, 0.2) is 33.5 Å². The van der Waals surface area contributed by atoms with Crippen LogP contribution in [0.1, 0.15) is 5.56 Å². The molecule has 0 unspecified atom stereocenters. The zero-order valence-electron chi connectivity index (χ0n) is 7.73. The van der Waals surface area contributed by atoms with E-state index in [0.29, 0.717) is 10.5 Å². The molecule has 2 aromatic rings. The van der Waals surface area contributed by atoms with Crippen LogP contribution in [0.25, 0.3) is 10.9 Å². The average molecular weight is 292 g/mol. The number of aromatic amines is 1. The van der Waals surface area contributed by atoms with Crippen LogP contribution in [0.2, 0.25) is 0 Å². The quantitative estimate of drug-likeness (QED) is 0.794. The van der Waals surface area contributed by atoms with Gasteiger partial charge in [-0.3, -0.25) is 4.79 Å². The largest absolute Gasteiger partial charge is 0.417 e. The molecular weight excluding hydrogens is 287 g/mol. The second-order valence-corrected chi connectivity index (χ2v) is 4.15. The Morgan fingerprint density at radius 2 is 1.88 bits per heavy atom. The number of alkyl halides is 3. The van der Waals surface area contributed by atoms with Gasteiger partial charge in [0, 0.05) is 21.4 Å². The predicted octanol–water partition coefficient (Wildman–Crippen LogP) is 3.31. The number of hydrogen-bond donors (Lipinski definition) is 1. The predicted molar refractivity (Wildman–Crippen MR) is 57.3 cm³/mol. The van der Waals surface area contributed by atoms with Gasteiger partial charge < -0.3 is 4.98 Å². The van der Waals surface area contributed by atoms with Gasteiger partial charge in [0.2, 0.25) is 5.56 Å².